The average molecular weight is 187 g/mol. The van der Waals surface area contributed by atoms with E-state index in [1.807, 2.05) is 18.2 Å². The van der Waals surface area contributed by atoms with Crippen molar-refractivity contribution in [2.45, 2.75) is 0 Å². The van der Waals surface area contributed by atoms with Gasteiger partial charge in [0.1, 0.15) is 5.52 Å². The zero-order valence-corrected chi connectivity index (χ0v) is 7.18. The van der Waals surface area contributed by atoms with Crippen LogP contribution in [0.4, 0.5) is 4.39 Å². The minimum Gasteiger partial charge on any atom is -0.293 e. The third kappa shape index (κ3) is 0.849. The first-order valence-electron chi connectivity index (χ1n) is 4.22. The van der Waals surface area contributed by atoms with Crippen LogP contribution in [-0.2, 0) is 0 Å². The van der Waals surface area contributed by atoms with Crippen LogP contribution in [0.5, 0.6) is 0 Å². The summed E-state index contributed by atoms with van der Waals surface area (Å²) in [4.78, 5) is 7.74. The van der Waals surface area contributed by atoms with Crippen molar-refractivity contribution < 1.29 is 4.39 Å². The summed E-state index contributed by atoms with van der Waals surface area (Å²) in [5.74, 6) is -0.485. The first-order valence-corrected chi connectivity index (χ1v) is 4.22. The van der Waals surface area contributed by atoms with E-state index in [9.17, 15) is 4.39 Å². The van der Waals surface area contributed by atoms with E-state index in [1.54, 1.807) is 16.8 Å². The number of imidazole rings is 1. The number of fused-ring (bicyclic) bond motifs is 3. The molecule has 0 bridgehead atoms. The number of hydrogen-bond donors (Lipinski definition) is 0. The van der Waals surface area contributed by atoms with E-state index < -0.39 is 5.95 Å². The molecule has 0 atom stereocenters. The summed E-state index contributed by atoms with van der Waals surface area (Å²) < 4.78 is 15.1. The fourth-order valence-corrected chi connectivity index (χ4v) is 1.57. The third-order valence-corrected chi connectivity index (χ3v) is 2.21. The van der Waals surface area contributed by atoms with Gasteiger partial charge >= 0.3 is 0 Å². The largest absolute Gasteiger partial charge is 0.293 e. The van der Waals surface area contributed by atoms with Crippen molar-refractivity contribution in [3.8, 4) is 0 Å². The fraction of sp³-hybridized carbons (Fsp3) is 0. The number of nitrogens with zero attached hydrogens (tertiary/aromatic N) is 3. The Balaban J connectivity index is 2.66. The molecule has 0 saturated heterocycles. The molecule has 1 aromatic carbocycles. The Kier molecular flexibility index (Phi) is 1.33. The molecular formula is C10H6FN3. The van der Waals surface area contributed by atoms with Crippen molar-refractivity contribution in [1.82, 2.24) is 14.4 Å². The molecule has 3 rings (SSSR count). The van der Waals surface area contributed by atoms with Crippen molar-refractivity contribution in [3.63, 3.8) is 0 Å². The lowest BCUT2D eigenvalue weighted by Crippen LogP contribution is -1.93. The molecule has 0 unspecified atom stereocenters. The van der Waals surface area contributed by atoms with Gasteiger partial charge in [0.25, 0.3) is 0 Å². The number of hydrogen-bond acceptors (Lipinski definition) is 2. The first kappa shape index (κ1) is 7.44. The quantitative estimate of drug-likeness (QED) is 0.539. The van der Waals surface area contributed by atoms with Gasteiger partial charge in [-0.15, -0.1) is 0 Å². The molecule has 4 heteroatoms. The number of para-hydroxylation sites is 2. The third-order valence-electron chi connectivity index (χ3n) is 2.21. The minimum absolute atomic E-state index is 0.406. The normalized spacial score (nSPS) is 11.2. The molecule has 0 N–H and O–H groups in total. The molecule has 0 fully saturated rings. The summed E-state index contributed by atoms with van der Waals surface area (Å²) >= 11 is 0. The van der Waals surface area contributed by atoms with Crippen LogP contribution in [-0.4, -0.2) is 14.4 Å². The predicted octanol–water partition coefficient (Wildman–Crippen LogP) is 2.02. The molecule has 0 saturated carbocycles. The topological polar surface area (TPSA) is 30.2 Å². The van der Waals surface area contributed by atoms with Crippen LogP contribution < -0.4 is 0 Å². The van der Waals surface area contributed by atoms with Gasteiger partial charge in [-0.1, -0.05) is 12.1 Å². The summed E-state index contributed by atoms with van der Waals surface area (Å²) in [6.07, 6.45) is 3.05. The number of rotatable bonds is 0. The molecule has 0 aliphatic rings. The van der Waals surface area contributed by atoms with Crippen molar-refractivity contribution >= 4 is 16.6 Å². The molecule has 0 amide bonds. The molecule has 14 heavy (non-hydrogen) atoms. The van der Waals surface area contributed by atoms with Gasteiger partial charge in [0, 0.05) is 0 Å². The van der Waals surface area contributed by atoms with E-state index in [0.29, 0.717) is 11.0 Å². The Morgan fingerprint density at radius 2 is 2.00 bits per heavy atom. The lowest BCUT2D eigenvalue weighted by molar-refractivity contribution is 0.595. The molecule has 3 aromatic rings. The second-order valence-electron chi connectivity index (χ2n) is 3.04. The molecule has 68 valence electrons. The lowest BCUT2D eigenvalue weighted by atomic mass is 10.3. The molecule has 2 aromatic heterocycles. The molecule has 3 nitrogen and oxygen atoms in total. The van der Waals surface area contributed by atoms with Crippen LogP contribution in [0.2, 0.25) is 0 Å². The van der Waals surface area contributed by atoms with Crippen LogP contribution >= 0.6 is 0 Å². The highest BCUT2D eigenvalue weighted by Gasteiger charge is 2.06. The second-order valence-corrected chi connectivity index (χ2v) is 3.04. The Morgan fingerprint density at radius 1 is 1.14 bits per heavy atom. The van der Waals surface area contributed by atoms with Gasteiger partial charge in [-0.05, 0) is 12.1 Å². The highest BCUT2D eigenvalue weighted by Crippen LogP contribution is 2.15. The number of halogens is 1. The van der Waals surface area contributed by atoms with E-state index >= 15 is 0 Å². The summed E-state index contributed by atoms with van der Waals surface area (Å²) in [6.45, 7) is 0. The van der Waals surface area contributed by atoms with E-state index in [1.165, 1.54) is 6.20 Å². The Labute approximate surface area is 78.8 Å². The van der Waals surface area contributed by atoms with Gasteiger partial charge in [0.2, 0.25) is 5.95 Å². The van der Waals surface area contributed by atoms with Crippen molar-refractivity contribution in [3.05, 3.63) is 42.7 Å². The summed E-state index contributed by atoms with van der Waals surface area (Å²) in [5.41, 5.74) is 1.90. The van der Waals surface area contributed by atoms with Gasteiger partial charge in [-0.25, -0.2) is 9.97 Å². The van der Waals surface area contributed by atoms with Crippen molar-refractivity contribution in [1.29, 1.82) is 0 Å². The lowest BCUT2D eigenvalue weighted by Gasteiger charge is -2.01. The summed E-state index contributed by atoms with van der Waals surface area (Å²) in [5, 5.41) is 0. The smallest absolute Gasteiger partial charge is 0.239 e. The summed E-state index contributed by atoms with van der Waals surface area (Å²) in [6, 6.07) is 7.38. The average Bonchev–Trinajstić information content (AvgIpc) is 2.67. The second kappa shape index (κ2) is 2.51. The maximum absolute atomic E-state index is 13.4. The molecule has 2 heterocycles. The van der Waals surface area contributed by atoms with E-state index in [2.05, 4.69) is 9.97 Å². The van der Waals surface area contributed by atoms with Crippen LogP contribution in [0, 0.1) is 5.95 Å². The van der Waals surface area contributed by atoms with Crippen LogP contribution in [0.15, 0.2) is 36.8 Å². The Bertz CT molecular complexity index is 615. The molecule has 0 aliphatic heterocycles. The van der Waals surface area contributed by atoms with E-state index in [-0.39, 0.29) is 0 Å². The highest BCUT2D eigenvalue weighted by atomic mass is 19.1. The monoisotopic (exact) mass is 187 g/mol. The maximum Gasteiger partial charge on any atom is 0.239 e. The van der Waals surface area contributed by atoms with Crippen LogP contribution in [0.25, 0.3) is 16.6 Å². The zero-order chi connectivity index (χ0) is 9.54. The number of aromatic nitrogens is 3. The van der Waals surface area contributed by atoms with Crippen LogP contribution in [0.1, 0.15) is 0 Å². The molecule has 0 radical (unpaired) electrons. The van der Waals surface area contributed by atoms with Crippen molar-refractivity contribution in [2.75, 3.05) is 0 Å². The first-order chi connectivity index (χ1) is 6.86. The standard InChI is InChI=1S/C10H6FN3/c11-10-9-5-12-6-14(9)8-4-2-1-3-7(8)13-10/h1-6H. The fourth-order valence-electron chi connectivity index (χ4n) is 1.57. The Hall–Kier alpha value is -1.97. The van der Waals surface area contributed by atoms with Gasteiger partial charge in [0.15, 0.2) is 0 Å². The van der Waals surface area contributed by atoms with Gasteiger partial charge in [0.05, 0.1) is 23.6 Å². The predicted molar refractivity (Wildman–Crippen MR) is 50.5 cm³/mol. The van der Waals surface area contributed by atoms with E-state index in [4.69, 9.17) is 0 Å². The number of benzene rings is 1. The summed E-state index contributed by atoms with van der Waals surface area (Å²) in [7, 11) is 0. The minimum atomic E-state index is -0.485. The van der Waals surface area contributed by atoms with Crippen molar-refractivity contribution in [2.24, 2.45) is 0 Å². The van der Waals surface area contributed by atoms with Gasteiger partial charge in [-0.2, -0.15) is 4.39 Å². The van der Waals surface area contributed by atoms with Gasteiger partial charge < -0.3 is 0 Å². The SMILES string of the molecule is Fc1nc2ccccc2n2cncc12. The highest BCUT2D eigenvalue weighted by molar-refractivity contribution is 5.77. The zero-order valence-electron chi connectivity index (χ0n) is 7.18. The maximum atomic E-state index is 13.4. The van der Waals surface area contributed by atoms with Gasteiger partial charge in [-0.3, -0.25) is 4.40 Å². The van der Waals surface area contributed by atoms with E-state index in [0.717, 1.165) is 5.52 Å². The van der Waals surface area contributed by atoms with Crippen LogP contribution in [0.3, 0.4) is 0 Å². The molecular weight excluding hydrogens is 181 g/mol. The Morgan fingerprint density at radius 3 is 2.93 bits per heavy atom. The molecule has 0 spiro atoms. The molecule has 0 aliphatic carbocycles.